The molecular formula is C19H31N3O2Si. The Bertz CT molecular complexity index is 594. The SMILES string of the molecule is C=C(C)C(C)C(=O)N/C(=N/NCOCC[Si](C)(C)C)c1ccccc1. The zero-order valence-corrected chi connectivity index (χ0v) is 17.1. The molecule has 5 nitrogen and oxygen atoms in total. The summed E-state index contributed by atoms with van der Waals surface area (Å²) < 4.78 is 5.58. The average Bonchev–Trinajstić information content (AvgIpc) is 2.55. The van der Waals surface area contributed by atoms with Crippen LogP contribution in [0, 0.1) is 5.92 Å². The van der Waals surface area contributed by atoms with Crippen LogP contribution in [0.4, 0.5) is 0 Å². The molecule has 0 saturated heterocycles. The third-order valence-electron chi connectivity index (χ3n) is 3.78. The molecule has 0 spiro atoms. The molecule has 0 bridgehead atoms. The molecule has 0 fully saturated rings. The van der Waals surface area contributed by atoms with Crippen LogP contribution < -0.4 is 10.7 Å². The number of nitrogens with zero attached hydrogens (tertiary/aromatic N) is 1. The smallest absolute Gasteiger partial charge is 0.232 e. The number of benzene rings is 1. The highest BCUT2D eigenvalue weighted by Gasteiger charge is 2.16. The van der Waals surface area contributed by atoms with Crippen molar-refractivity contribution in [2.75, 3.05) is 13.3 Å². The van der Waals surface area contributed by atoms with Crippen LogP contribution in [0.3, 0.4) is 0 Å². The van der Waals surface area contributed by atoms with Crippen molar-refractivity contribution in [3.63, 3.8) is 0 Å². The molecule has 6 heteroatoms. The first kappa shape index (κ1) is 21.1. The fraction of sp³-hybridized carbons (Fsp3) is 0.474. The number of hydrogen-bond donors (Lipinski definition) is 2. The number of hydrogen-bond acceptors (Lipinski definition) is 4. The number of amides is 1. The molecule has 138 valence electrons. The monoisotopic (exact) mass is 361 g/mol. The molecule has 1 atom stereocenters. The lowest BCUT2D eigenvalue weighted by Gasteiger charge is -2.16. The molecule has 1 aromatic carbocycles. The van der Waals surface area contributed by atoms with Gasteiger partial charge in [-0.3, -0.25) is 10.2 Å². The number of carbonyl (C=O) groups is 1. The number of nitrogens with one attached hydrogen (secondary N) is 2. The van der Waals surface area contributed by atoms with E-state index in [1.807, 2.05) is 44.2 Å². The molecule has 25 heavy (non-hydrogen) atoms. The lowest BCUT2D eigenvalue weighted by atomic mass is 10.0. The van der Waals surface area contributed by atoms with Crippen molar-refractivity contribution in [1.29, 1.82) is 0 Å². The van der Waals surface area contributed by atoms with Crippen LogP contribution in [0.1, 0.15) is 19.4 Å². The third kappa shape index (κ3) is 8.65. The van der Waals surface area contributed by atoms with Crippen molar-refractivity contribution >= 4 is 19.8 Å². The van der Waals surface area contributed by atoms with Crippen LogP contribution in [-0.4, -0.2) is 33.2 Å². The minimum atomic E-state index is -1.09. The van der Waals surface area contributed by atoms with Crippen LogP contribution >= 0.6 is 0 Å². The molecule has 0 aliphatic heterocycles. The van der Waals surface area contributed by atoms with Gasteiger partial charge in [-0.25, -0.2) is 0 Å². The van der Waals surface area contributed by atoms with Crippen molar-refractivity contribution < 1.29 is 9.53 Å². The first-order chi connectivity index (χ1) is 11.7. The Morgan fingerprint density at radius 3 is 2.48 bits per heavy atom. The molecule has 0 aliphatic carbocycles. The van der Waals surface area contributed by atoms with Gasteiger partial charge in [-0.05, 0) is 19.9 Å². The Morgan fingerprint density at radius 1 is 1.28 bits per heavy atom. The summed E-state index contributed by atoms with van der Waals surface area (Å²) in [5, 5.41) is 7.17. The van der Waals surface area contributed by atoms with Crippen molar-refractivity contribution in [2.24, 2.45) is 11.0 Å². The maximum Gasteiger partial charge on any atom is 0.232 e. The Balaban J connectivity index is 2.66. The van der Waals surface area contributed by atoms with Gasteiger partial charge in [-0.15, -0.1) is 0 Å². The molecule has 1 rings (SSSR count). The van der Waals surface area contributed by atoms with Gasteiger partial charge in [-0.1, -0.05) is 62.1 Å². The van der Waals surface area contributed by atoms with E-state index in [4.69, 9.17) is 4.74 Å². The van der Waals surface area contributed by atoms with Gasteiger partial charge in [0.05, 0.1) is 5.92 Å². The predicted molar refractivity (Wildman–Crippen MR) is 107 cm³/mol. The van der Waals surface area contributed by atoms with Gasteiger partial charge in [0.1, 0.15) is 6.73 Å². The number of ether oxygens (including phenoxy) is 1. The third-order valence-corrected chi connectivity index (χ3v) is 5.48. The Hall–Kier alpha value is -1.92. The van der Waals surface area contributed by atoms with E-state index in [-0.39, 0.29) is 11.8 Å². The van der Waals surface area contributed by atoms with Crippen molar-refractivity contribution in [3.05, 3.63) is 48.0 Å². The number of carbonyl (C=O) groups excluding carboxylic acids is 1. The number of hydrazone groups is 1. The summed E-state index contributed by atoms with van der Waals surface area (Å²) in [4.78, 5) is 12.3. The van der Waals surface area contributed by atoms with E-state index in [0.29, 0.717) is 12.6 Å². The summed E-state index contributed by atoms with van der Waals surface area (Å²) in [5.41, 5.74) is 4.53. The lowest BCUT2D eigenvalue weighted by Crippen LogP contribution is -2.37. The van der Waals surface area contributed by atoms with Gasteiger partial charge in [0, 0.05) is 20.2 Å². The normalized spacial score (nSPS) is 13.2. The summed E-state index contributed by atoms with van der Waals surface area (Å²) in [6, 6.07) is 10.6. The minimum absolute atomic E-state index is 0.128. The highest BCUT2D eigenvalue weighted by molar-refractivity contribution is 6.76. The average molecular weight is 362 g/mol. The van der Waals surface area contributed by atoms with Crippen LogP contribution in [-0.2, 0) is 9.53 Å². The molecular weight excluding hydrogens is 330 g/mol. The van der Waals surface area contributed by atoms with E-state index in [0.717, 1.165) is 23.8 Å². The van der Waals surface area contributed by atoms with Gasteiger partial charge < -0.3 is 10.1 Å². The van der Waals surface area contributed by atoms with Crippen molar-refractivity contribution in [1.82, 2.24) is 10.7 Å². The van der Waals surface area contributed by atoms with E-state index in [1.165, 1.54) is 0 Å². The molecule has 1 aromatic rings. The number of amidine groups is 1. The largest absolute Gasteiger partial charge is 0.360 e. The van der Waals surface area contributed by atoms with Crippen molar-refractivity contribution in [3.8, 4) is 0 Å². The first-order valence-corrected chi connectivity index (χ1v) is 12.3. The fourth-order valence-electron chi connectivity index (χ4n) is 1.82. The van der Waals surface area contributed by atoms with E-state index in [1.54, 1.807) is 0 Å². The minimum Gasteiger partial charge on any atom is -0.360 e. The van der Waals surface area contributed by atoms with E-state index >= 15 is 0 Å². The Labute approximate surface area is 152 Å². The second-order valence-corrected chi connectivity index (χ2v) is 13.0. The number of rotatable bonds is 9. The zero-order valence-electron chi connectivity index (χ0n) is 16.1. The van der Waals surface area contributed by atoms with Gasteiger partial charge in [0.25, 0.3) is 0 Å². The fourth-order valence-corrected chi connectivity index (χ4v) is 2.57. The van der Waals surface area contributed by atoms with Crippen LogP contribution in [0.2, 0.25) is 25.7 Å². The topological polar surface area (TPSA) is 62.7 Å². The highest BCUT2D eigenvalue weighted by atomic mass is 28.3. The summed E-state index contributed by atoms with van der Waals surface area (Å²) in [5.74, 6) is 0.0750. The molecule has 0 aliphatic rings. The molecule has 1 unspecified atom stereocenters. The highest BCUT2D eigenvalue weighted by Crippen LogP contribution is 2.08. The quantitative estimate of drug-likeness (QED) is 0.134. The first-order valence-electron chi connectivity index (χ1n) is 8.60. The van der Waals surface area contributed by atoms with Crippen LogP contribution in [0.5, 0.6) is 0 Å². The van der Waals surface area contributed by atoms with Gasteiger partial charge in [0.2, 0.25) is 5.91 Å². The molecule has 0 aromatic heterocycles. The molecule has 0 saturated carbocycles. The van der Waals surface area contributed by atoms with E-state index < -0.39 is 8.07 Å². The second-order valence-electron chi connectivity index (χ2n) is 7.41. The van der Waals surface area contributed by atoms with E-state index in [9.17, 15) is 4.79 Å². The summed E-state index contributed by atoms with van der Waals surface area (Å²) in [7, 11) is -1.09. The second kappa shape index (κ2) is 10.2. The van der Waals surface area contributed by atoms with Gasteiger partial charge in [-0.2, -0.15) is 5.10 Å². The van der Waals surface area contributed by atoms with Crippen LogP contribution in [0.15, 0.2) is 47.6 Å². The molecule has 0 radical (unpaired) electrons. The molecule has 0 heterocycles. The maximum atomic E-state index is 12.3. The van der Waals surface area contributed by atoms with Gasteiger partial charge in [0.15, 0.2) is 5.84 Å². The van der Waals surface area contributed by atoms with Crippen molar-refractivity contribution in [2.45, 2.75) is 39.5 Å². The maximum absolute atomic E-state index is 12.3. The Kier molecular flexibility index (Phi) is 8.58. The van der Waals surface area contributed by atoms with Crippen LogP contribution in [0.25, 0.3) is 0 Å². The standard InChI is InChI=1S/C19H31N3O2Si/c1-15(2)16(3)19(23)21-18(17-10-8-7-9-11-17)22-20-14-24-12-13-25(4,5)6/h7-11,16,20H,1,12-14H2,2-6H3,(H,21,22,23). The summed E-state index contributed by atoms with van der Waals surface area (Å²) in [6.45, 7) is 15.5. The predicted octanol–water partition coefficient (Wildman–Crippen LogP) is 3.58. The lowest BCUT2D eigenvalue weighted by molar-refractivity contribution is -0.121. The van der Waals surface area contributed by atoms with E-state index in [2.05, 4.69) is 42.1 Å². The molecule has 1 amide bonds. The zero-order chi connectivity index (χ0) is 18.9. The Morgan fingerprint density at radius 2 is 1.92 bits per heavy atom. The van der Waals surface area contributed by atoms with Gasteiger partial charge >= 0.3 is 0 Å². The summed E-state index contributed by atoms with van der Waals surface area (Å²) in [6.07, 6.45) is 0. The summed E-state index contributed by atoms with van der Waals surface area (Å²) >= 11 is 0. The molecule has 2 N–H and O–H groups in total.